The van der Waals surface area contributed by atoms with E-state index in [1.807, 2.05) is 18.2 Å². The van der Waals surface area contributed by atoms with E-state index in [1.165, 1.54) is 9.13 Å². The summed E-state index contributed by atoms with van der Waals surface area (Å²) in [5, 5.41) is 0. The van der Waals surface area contributed by atoms with Crippen LogP contribution in [0.25, 0.3) is 6.08 Å². The van der Waals surface area contributed by atoms with E-state index in [0.29, 0.717) is 0 Å². The van der Waals surface area contributed by atoms with Crippen LogP contribution in [0.2, 0.25) is 0 Å². The molecule has 0 fully saturated rings. The van der Waals surface area contributed by atoms with Gasteiger partial charge in [-0.05, 0) is 35.9 Å². The molecule has 0 atom stereocenters. The zero-order valence-corrected chi connectivity index (χ0v) is 11.8. The van der Waals surface area contributed by atoms with Gasteiger partial charge in [0, 0.05) is 0 Å². The Labute approximate surface area is 112 Å². The van der Waals surface area contributed by atoms with Gasteiger partial charge in [0.25, 0.3) is 0 Å². The third kappa shape index (κ3) is 3.89. The van der Waals surface area contributed by atoms with E-state index in [0.717, 1.165) is 5.75 Å². The smallest absolute Gasteiger partial charge is 0.349 e. The minimum atomic E-state index is -0.0533. The molecule has 0 saturated heterocycles. The fourth-order valence-electron chi connectivity index (χ4n) is 1.38. The molecule has 0 aliphatic heterocycles. The maximum atomic E-state index is 5.14. The van der Waals surface area contributed by atoms with Crippen molar-refractivity contribution in [3.05, 3.63) is 67.8 Å². The van der Waals surface area contributed by atoms with Gasteiger partial charge in [-0.15, -0.1) is 0 Å². The summed E-state index contributed by atoms with van der Waals surface area (Å²) < 4.78 is 8.82. The van der Waals surface area contributed by atoms with E-state index in [4.69, 9.17) is 4.74 Å². The summed E-state index contributed by atoms with van der Waals surface area (Å²) in [7, 11) is 1.69. The third-order valence-electron chi connectivity index (χ3n) is 2.29. The summed E-state index contributed by atoms with van der Waals surface area (Å²) in [6.45, 7) is 0. The normalized spacial score (nSPS) is 10.6. The molecule has 0 spiro atoms. The van der Waals surface area contributed by atoms with Gasteiger partial charge in [-0.2, -0.15) is 0 Å². The lowest BCUT2D eigenvalue weighted by molar-refractivity contribution is -0.555. The Kier molecular flexibility index (Phi) is 4.62. The second-order valence-electron chi connectivity index (χ2n) is 3.47. The van der Waals surface area contributed by atoms with Crippen LogP contribution in [-0.4, -0.2) is 7.11 Å². The Bertz CT molecular complexity index is 474. The van der Waals surface area contributed by atoms with Crippen molar-refractivity contribution in [3.8, 4) is 5.75 Å². The maximum absolute atomic E-state index is 5.14. The van der Waals surface area contributed by atoms with Crippen molar-refractivity contribution in [3.63, 3.8) is 0 Å². The Morgan fingerprint density at radius 3 is 2.29 bits per heavy atom. The highest BCUT2D eigenvalue weighted by atomic mass is 127. The Hall–Kier alpha value is -1.29. The van der Waals surface area contributed by atoms with Gasteiger partial charge in [0.1, 0.15) is 5.75 Å². The van der Waals surface area contributed by atoms with Gasteiger partial charge in [-0.25, -0.2) is 0 Å². The van der Waals surface area contributed by atoms with E-state index in [2.05, 4.69) is 46.6 Å². The van der Waals surface area contributed by atoms with Gasteiger partial charge < -0.3 is 4.74 Å². The fraction of sp³-hybridized carbons (Fsp3) is 0.0667. The number of rotatable bonds is 4. The van der Waals surface area contributed by atoms with E-state index >= 15 is 0 Å². The molecule has 2 aromatic rings. The highest BCUT2D eigenvalue weighted by molar-refractivity contribution is 5.47. The summed E-state index contributed by atoms with van der Waals surface area (Å²) in [4.78, 5) is 0. The van der Waals surface area contributed by atoms with Crippen LogP contribution in [0.5, 0.6) is 5.75 Å². The average molecular weight is 337 g/mol. The first-order chi connectivity index (χ1) is 8.38. The second kappa shape index (κ2) is 6.45. The van der Waals surface area contributed by atoms with Crippen LogP contribution in [0.3, 0.4) is 0 Å². The Balaban J connectivity index is 1.95. The minimum Gasteiger partial charge on any atom is -0.497 e. The predicted molar refractivity (Wildman–Crippen MR) is 67.2 cm³/mol. The molecule has 0 unspecified atom stereocenters. The standard InChI is InChI=1S/C15H14IO/c1-17-15-9-7-14(8-10-15)16-12-11-13-5-3-2-4-6-13/h2-12H,1H3/q+1. The van der Waals surface area contributed by atoms with E-state index in [1.54, 1.807) is 7.11 Å². The van der Waals surface area contributed by atoms with Crippen LogP contribution >= 0.6 is 0 Å². The summed E-state index contributed by atoms with van der Waals surface area (Å²) >= 11 is -0.0533. The average Bonchev–Trinajstić information content (AvgIpc) is 2.41. The molecule has 0 radical (unpaired) electrons. The number of methoxy groups -OCH3 is 1. The molecule has 0 heterocycles. The monoisotopic (exact) mass is 337 g/mol. The van der Waals surface area contributed by atoms with Crippen molar-refractivity contribution in [2.75, 3.05) is 7.11 Å². The van der Waals surface area contributed by atoms with Gasteiger partial charge in [0.2, 0.25) is 0 Å². The molecule has 0 bridgehead atoms. The lowest BCUT2D eigenvalue weighted by Crippen LogP contribution is -3.59. The molecule has 2 aromatic carbocycles. The Morgan fingerprint density at radius 1 is 0.941 bits per heavy atom. The molecule has 0 saturated carbocycles. The SMILES string of the molecule is COc1ccc([I+]C=Cc2ccccc2)cc1. The minimum absolute atomic E-state index is 0.0533. The van der Waals surface area contributed by atoms with E-state index in [-0.39, 0.29) is 21.2 Å². The van der Waals surface area contributed by atoms with Crippen LogP contribution < -0.4 is 25.9 Å². The maximum Gasteiger partial charge on any atom is 0.349 e. The first kappa shape index (κ1) is 12.2. The zero-order chi connectivity index (χ0) is 11.9. The molecule has 2 heteroatoms. The predicted octanol–water partition coefficient (Wildman–Crippen LogP) is 0.625. The molecule has 1 nitrogen and oxygen atoms in total. The zero-order valence-electron chi connectivity index (χ0n) is 9.64. The van der Waals surface area contributed by atoms with E-state index in [9.17, 15) is 0 Å². The lowest BCUT2D eigenvalue weighted by Gasteiger charge is -1.95. The molecular formula is C15H14IO+. The molecule has 86 valence electrons. The molecule has 0 amide bonds. The van der Waals surface area contributed by atoms with Crippen molar-refractivity contribution in [2.45, 2.75) is 0 Å². The molecule has 0 N–H and O–H groups in total. The Morgan fingerprint density at radius 2 is 1.65 bits per heavy atom. The quantitative estimate of drug-likeness (QED) is 0.744. The van der Waals surface area contributed by atoms with Gasteiger partial charge in [-0.3, -0.25) is 0 Å². The summed E-state index contributed by atoms with van der Waals surface area (Å²) in [5.41, 5.74) is 1.26. The van der Waals surface area contributed by atoms with Gasteiger partial charge in [-0.1, -0.05) is 30.3 Å². The van der Waals surface area contributed by atoms with Crippen LogP contribution in [0, 0.1) is 3.57 Å². The molecule has 17 heavy (non-hydrogen) atoms. The van der Waals surface area contributed by atoms with Gasteiger partial charge in [0.05, 0.1) is 7.11 Å². The van der Waals surface area contributed by atoms with Crippen LogP contribution in [0.1, 0.15) is 5.56 Å². The van der Waals surface area contributed by atoms with Crippen molar-refractivity contribution in [2.24, 2.45) is 0 Å². The van der Waals surface area contributed by atoms with Crippen molar-refractivity contribution < 1.29 is 25.9 Å². The first-order valence-corrected chi connectivity index (χ1v) is 7.70. The molecule has 0 aliphatic carbocycles. The van der Waals surface area contributed by atoms with Crippen LogP contribution in [0.15, 0.2) is 58.7 Å². The molecular weight excluding hydrogens is 323 g/mol. The number of hydrogen-bond donors (Lipinski definition) is 0. The van der Waals surface area contributed by atoms with Crippen LogP contribution in [-0.2, 0) is 0 Å². The van der Waals surface area contributed by atoms with Crippen LogP contribution in [0.4, 0.5) is 0 Å². The topological polar surface area (TPSA) is 9.23 Å². The number of benzene rings is 2. The van der Waals surface area contributed by atoms with Gasteiger partial charge >= 0.3 is 21.2 Å². The van der Waals surface area contributed by atoms with Gasteiger partial charge in [0.15, 0.2) is 7.65 Å². The number of hydrogen-bond acceptors (Lipinski definition) is 1. The lowest BCUT2D eigenvalue weighted by atomic mass is 10.2. The number of ether oxygens (including phenoxy) is 1. The summed E-state index contributed by atoms with van der Waals surface area (Å²) in [6, 6.07) is 18.7. The highest BCUT2D eigenvalue weighted by Gasteiger charge is 2.06. The van der Waals surface area contributed by atoms with Crippen molar-refractivity contribution in [1.82, 2.24) is 0 Å². The third-order valence-corrected chi connectivity index (χ3v) is 4.45. The fourth-order valence-corrected chi connectivity index (χ4v) is 3.17. The molecule has 2 rings (SSSR count). The second-order valence-corrected chi connectivity index (χ2v) is 6.06. The largest absolute Gasteiger partial charge is 0.497 e. The first-order valence-electron chi connectivity index (χ1n) is 5.37. The van der Waals surface area contributed by atoms with Crippen molar-refractivity contribution in [1.29, 1.82) is 0 Å². The molecule has 0 aromatic heterocycles. The molecule has 0 aliphatic rings. The number of halogens is 1. The highest BCUT2D eigenvalue weighted by Crippen LogP contribution is 2.06. The summed E-state index contributed by atoms with van der Waals surface area (Å²) in [6.07, 6.45) is 2.19. The summed E-state index contributed by atoms with van der Waals surface area (Å²) in [5.74, 6) is 0.921. The van der Waals surface area contributed by atoms with Crippen molar-refractivity contribution >= 4 is 6.08 Å². The van der Waals surface area contributed by atoms with E-state index < -0.39 is 0 Å².